The van der Waals surface area contributed by atoms with Crippen molar-refractivity contribution in [2.24, 2.45) is 0 Å². The normalized spacial score (nSPS) is 10.5. The molecule has 0 amide bonds. The second-order valence-electron chi connectivity index (χ2n) is 3.19. The van der Waals surface area contributed by atoms with Crippen molar-refractivity contribution in [1.29, 1.82) is 0 Å². The summed E-state index contributed by atoms with van der Waals surface area (Å²) in [6.07, 6.45) is 7.26. The van der Waals surface area contributed by atoms with E-state index in [1.54, 1.807) is 12.5 Å². The molecule has 0 saturated carbocycles. The minimum Gasteiger partial charge on any atom is -0.290 e. The first-order valence-corrected chi connectivity index (χ1v) is 5.60. The molecule has 5 heteroatoms. The molecular weight excluding hydrogens is 256 g/mol. The van der Waals surface area contributed by atoms with Crippen LogP contribution in [0.1, 0.15) is 19.2 Å². The zero-order chi connectivity index (χ0) is 10.7. The fourth-order valence-electron chi connectivity index (χ4n) is 1.31. The Hall–Kier alpha value is -1.23. The van der Waals surface area contributed by atoms with Gasteiger partial charge >= 0.3 is 0 Å². The molecule has 0 radical (unpaired) electrons. The Bertz CT molecular complexity index is 439. The number of hydrogen-bond donors (Lipinski definition) is 0. The van der Waals surface area contributed by atoms with Gasteiger partial charge in [0.05, 0.1) is 0 Å². The molecule has 0 fully saturated rings. The van der Waals surface area contributed by atoms with Crippen LogP contribution in [0.2, 0.25) is 0 Å². The van der Waals surface area contributed by atoms with Crippen molar-refractivity contribution in [3.63, 3.8) is 0 Å². The van der Waals surface area contributed by atoms with E-state index < -0.39 is 0 Å². The molecular formula is C10H11BrN4. The minimum absolute atomic E-state index is 0.810. The summed E-state index contributed by atoms with van der Waals surface area (Å²) in [5.74, 6) is 1.70. The molecule has 78 valence electrons. The highest BCUT2D eigenvalue weighted by Crippen LogP contribution is 2.12. The Labute approximate surface area is 96.5 Å². The van der Waals surface area contributed by atoms with E-state index in [-0.39, 0.29) is 0 Å². The molecule has 0 unspecified atom stereocenters. The van der Waals surface area contributed by atoms with Crippen molar-refractivity contribution in [2.75, 3.05) is 0 Å². The minimum atomic E-state index is 0.810. The van der Waals surface area contributed by atoms with Gasteiger partial charge < -0.3 is 0 Å². The predicted octanol–water partition coefficient (Wildman–Crippen LogP) is 2.38. The fraction of sp³-hybridized carbons (Fsp3) is 0.300. The second kappa shape index (κ2) is 4.53. The molecule has 0 spiro atoms. The molecule has 2 aromatic rings. The number of halogens is 1. The van der Waals surface area contributed by atoms with Crippen LogP contribution in [-0.2, 0) is 6.42 Å². The van der Waals surface area contributed by atoms with Crippen molar-refractivity contribution < 1.29 is 0 Å². The molecule has 0 N–H and O–H groups in total. The highest BCUT2D eigenvalue weighted by molar-refractivity contribution is 9.10. The summed E-state index contributed by atoms with van der Waals surface area (Å²) >= 11 is 3.38. The summed E-state index contributed by atoms with van der Waals surface area (Å²) in [7, 11) is 0. The Morgan fingerprint density at radius 2 is 2.27 bits per heavy atom. The fourth-order valence-corrected chi connectivity index (χ4v) is 1.72. The van der Waals surface area contributed by atoms with E-state index in [4.69, 9.17) is 0 Å². The van der Waals surface area contributed by atoms with Gasteiger partial charge in [0.25, 0.3) is 0 Å². The predicted molar refractivity (Wildman–Crippen MR) is 60.8 cm³/mol. The molecule has 4 nitrogen and oxygen atoms in total. The van der Waals surface area contributed by atoms with Gasteiger partial charge in [-0.1, -0.05) is 6.92 Å². The van der Waals surface area contributed by atoms with E-state index >= 15 is 0 Å². The summed E-state index contributed by atoms with van der Waals surface area (Å²) in [5.41, 5.74) is 0. The lowest BCUT2D eigenvalue weighted by Crippen LogP contribution is -2.01. The number of aryl methyl sites for hydroxylation is 1. The molecule has 2 aromatic heterocycles. The topological polar surface area (TPSA) is 43.6 Å². The van der Waals surface area contributed by atoms with Crippen LogP contribution in [0.15, 0.2) is 29.4 Å². The van der Waals surface area contributed by atoms with Gasteiger partial charge in [-0.3, -0.25) is 4.57 Å². The number of hydrogen-bond acceptors (Lipinski definition) is 3. The van der Waals surface area contributed by atoms with Crippen LogP contribution in [0.25, 0.3) is 5.82 Å². The number of aromatic nitrogens is 4. The van der Waals surface area contributed by atoms with Gasteiger partial charge in [-0.15, -0.1) is 0 Å². The molecule has 0 aliphatic rings. The van der Waals surface area contributed by atoms with E-state index in [1.807, 2.05) is 16.8 Å². The molecule has 0 aliphatic heterocycles. The largest absolute Gasteiger partial charge is 0.290 e. The lowest BCUT2D eigenvalue weighted by atomic mass is 10.3. The van der Waals surface area contributed by atoms with E-state index in [2.05, 4.69) is 37.8 Å². The van der Waals surface area contributed by atoms with Crippen LogP contribution < -0.4 is 0 Å². The van der Waals surface area contributed by atoms with E-state index in [0.29, 0.717) is 0 Å². The molecule has 0 bridgehead atoms. The molecule has 2 rings (SSSR count). The smallest absolute Gasteiger partial charge is 0.142 e. The molecule has 0 saturated heterocycles. The Morgan fingerprint density at radius 1 is 1.40 bits per heavy atom. The van der Waals surface area contributed by atoms with Crippen LogP contribution >= 0.6 is 15.9 Å². The van der Waals surface area contributed by atoms with Gasteiger partial charge in [-0.2, -0.15) is 0 Å². The van der Waals surface area contributed by atoms with Gasteiger partial charge in [0.2, 0.25) is 0 Å². The lowest BCUT2D eigenvalue weighted by molar-refractivity contribution is 0.810. The van der Waals surface area contributed by atoms with Crippen LogP contribution in [-0.4, -0.2) is 19.5 Å². The van der Waals surface area contributed by atoms with Crippen molar-refractivity contribution in [1.82, 2.24) is 19.5 Å². The van der Waals surface area contributed by atoms with Gasteiger partial charge in [0.1, 0.15) is 22.6 Å². The highest BCUT2D eigenvalue weighted by atomic mass is 79.9. The zero-order valence-corrected chi connectivity index (χ0v) is 9.98. The first kappa shape index (κ1) is 10.3. The monoisotopic (exact) mass is 266 g/mol. The SMILES string of the molecule is CCCc1nc(Br)cc(-n2ccnc2)n1. The van der Waals surface area contributed by atoms with Crippen LogP contribution in [0, 0.1) is 0 Å². The van der Waals surface area contributed by atoms with Crippen molar-refractivity contribution >= 4 is 15.9 Å². The summed E-state index contributed by atoms with van der Waals surface area (Å²) in [6.45, 7) is 2.11. The standard InChI is InChI=1S/C10H11BrN4/c1-2-3-9-13-8(11)6-10(14-9)15-5-4-12-7-15/h4-7H,2-3H2,1H3. The van der Waals surface area contributed by atoms with Gasteiger partial charge in [0, 0.05) is 24.9 Å². The maximum atomic E-state index is 4.45. The number of nitrogens with zero attached hydrogens (tertiary/aromatic N) is 4. The first-order chi connectivity index (χ1) is 7.29. The number of rotatable bonds is 3. The number of imidazole rings is 1. The quantitative estimate of drug-likeness (QED) is 0.802. The third-order valence-corrected chi connectivity index (χ3v) is 2.38. The Kier molecular flexibility index (Phi) is 3.11. The summed E-state index contributed by atoms with van der Waals surface area (Å²) in [6, 6.07) is 1.88. The van der Waals surface area contributed by atoms with Crippen molar-refractivity contribution in [2.45, 2.75) is 19.8 Å². The van der Waals surface area contributed by atoms with Gasteiger partial charge in [0.15, 0.2) is 0 Å². The van der Waals surface area contributed by atoms with Crippen LogP contribution in [0.3, 0.4) is 0 Å². The average Bonchev–Trinajstić information content (AvgIpc) is 2.70. The molecule has 2 heterocycles. The Balaban J connectivity index is 2.40. The van der Waals surface area contributed by atoms with E-state index in [0.717, 1.165) is 29.1 Å². The van der Waals surface area contributed by atoms with Crippen molar-refractivity contribution in [3.05, 3.63) is 35.2 Å². The van der Waals surface area contributed by atoms with Gasteiger partial charge in [-0.05, 0) is 22.4 Å². The second-order valence-corrected chi connectivity index (χ2v) is 4.00. The molecule has 0 aromatic carbocycles. The summed E-state index contributed by atoms with van der Waals surface area (Å²) in [5, 5.41) is 0. The van der Waals surface area contributed by atoms with E-state index in [9.17, 15) is 0 Å². The molecule has 15 heavy (non-hydrogen) atoms. The third-order valence-electron chi connectivity index (χ3n) is 1.97. The van der Waals surface area contributed by atoms with Crippen LogP contribution in [0.5, 0.6) is 0 Å². The van der Waals surface area contributed by atoms with E-state index in [1.165, 1.54) is 0 Å². The first-order valence-electron chi connectivity index (χ1n) is 4.81. The summed E-state index contributed by atoms with van der Waals surface area (Å²) < 4.78 is 2.68. The average molecular weight is 267 g/mol. The maximum absolute atomic E-state index is 4.45. The zero-order valence-electron chi connectivity index (χ0n) is 8.39. The van der Waals surface area contributed by atoms with Crippen molar-refractivity contribution in [3.8, 4) is 5.82 Å². The molecule has 0 aliphatic carbocycles. The van der Waals surface area contributed by atoms with Gasteiger partial charge in [-0.25, -0.2) is 15.0 Å². The third kappa shape index (κ3) is 2.41. The molecule has 0 atom stereocenters. The Morgan fingerprint density at radius 3 is 2.93 bits per heavy atom. The lowest BCUT2D eigenvalue weighted by Gasteiger charge is -2.04. The highest BCUT2D eigenvalue weighted by Gasteiger charge is 2.03. The summed E-state index contributed by atoms with van der Waals surface area (Å²) in [4.78, 5) is 12.7. The van der Waals surface area contributed by atoms with Crippen LogP contribution in [0.4, 0.5) is 0 Å². The maximum Gasteiger partial charge on any atom is 0.142 e.